The first-order valence-corrected chi connectivity index (χ1v) is 15.0. The zero-order valence-corrected chi connectivity index (χ0v) is 25.1. The van der Waals surface area contributed by atoms with Crippen LogP contribution in [0.4, 0.5) is 0 Å². The molecule has 4 unspecified atom stereocenters. The van der Waals surface area contributed by atoms with Crippen LogP contribution in [-0.4, -0.2) is 80.6 Å². The predicted octanol–water partition coefficient (Wildman–Crippen LogP) is 0.904. The van der Waals surface area contributed by atoms with Crippen molar-refractivity contribution in [3.63, 3.8) is 0 Å². The van der Waals surface area contributed by atoms with Crippen LogP contribution in [0.15, 0.2) is 60.9 Å². The van der Waals surface area contributed by atoms with Gasteiger partial charge in [0.2, 0.25) is 17.7 Å². The second kappa shape index (κ2) is 15.7. The van der Waals surface area contributed by atoms with Gasteiger partial charge in [0, 0.05) is 40.6 Å². The molecular formula is C32H39N7O7. The Bertz CT molecular complexity index is 1700. The summed E-state index contributed by atoms with van der Waals surface area (Å²) in [6.45, 7) is 0.326. The smallest absolute Gasteiger partial charge is 0.326 e. The van der Waals surface area contributed by atoms with Gasteiger partial charge in [-0.3, -0.25) is 19.2 Å². The highest BCUT2D eigenvalue weighted by molar-refractivity contribution is 5.95. The van der Waals surface area contributed by atoms with Gasteiger partial charge in [0.1, 0.15) is 18.1 Å². The van der Waals surface area contributed by atoms with Crippen LogP contribution in [0.1, 0.15) is 36.8 Å². The van der Waals surface area contributed by atoms with Crippen molar-refractivity contribution in [2.45, 2.75) is 62.7 Å². The Morgan fingerprint density at radius 1 is 0.696 bits per heavy atom. The van der Waals surface area contributed by atoms with Crippen molar-refractivity contribution in [2.75, 3.05) is 6.54 Å². The molecule has 14 nitrogen and oxygen atoms in total. The number of H-pyrrole nitrogens is 2. The van der Waals surface area contributed by atoms with Crippen LogP contribution < -0.4 is 27.4 Å². The van der Waals surface area contributed by atoms with E-state index >= 15 is 0 Å². The molecule has 0 fully saturated rings. The number of carbonyl (C=O) groups excluding carboxylic acids is 3. The molecule has 2 heterocycles. The standard InChI is InChI=1S/C32H39N7O7/c33-12-6-5-11-25(30(43)39-27(32(45)46)15-28(40)41)37-31(44)26(14-19-17-36-24-10-4-2-8-21(19)24)38-29(42)22(34)13-18-16-35-23-9-3-1-7-20(18)23/h1-4,7-10,16-17,22,25-27,35-36H,5-6,11-15,33-34H2,(H,37,44)(H,38,42)(H,39,43)(H,40,41)(H,45,46). The van der Waals surface area contributed by atoms with E-state index in [1.54, 1.807) is 12.4 Å². The monoisotopic (exact) mass is 633 g/mol. The van der Waals surface area contributed by atoms with E-state index in [2.05, 4.69) is 25.9 Å². The van der Waals surface area contributed by atoms with Gasteiger partial charge in [-0.2, -0.15) is 0 Å². The van der Waals surface area contributed by atoms with Crippen molar-refractivity contribution < 1.29 is 34.2 Å². The first kappa shape index (κ1) is 33.7. The summed E-state index contributed by atoms with van der Waals surface area (Å²) in [5.74, 6) is -5.09. The molecule has 0 saturated heterocycles. The van der Waals surface area contributed by atoms with E-state index in [1.165, 1.54) is 0 Å². The third-order valence-corrected chi connectivity index (χ3v) is 7.76. The number of amides is 3. The highest BCUT2D eigenvalue weighted by Gasteiger charge is 2.31. The normalized spacial score (nSPS) is 13.9. The van der Waals surface area contributed by atoms with Crippen molar-refractivity contribution in [1.29, 1.82) is 0 Å². The maximum absolute atomic E-state index is 13.8. The molecule has 0 saturated carbocycles. The first-order valence-electron chi connectivity index (χ1n) is 15.0. The number of nitrogens with one attached hydrogen (secondary N) is 5. The SMILES string of the molecule is NCCCCC(NC(=O)C(Cc1c[nH]c2ccccc12)NC(=O)C(N)Cc1c[nH]c2ccccc12)C(=O)NC(CC(=O)O)C(=O)O. The molecule has 0 spiro atoms. The lowest BCUT2D eigenvalue weighted by Gasteiger charge is -2.25. The summed E-state index contributed by atoms with van der Waals surface area (Å²) in [5.41, 5.74) is 15.2. The number of fused-ring (bicyclic) bond motifs is 2. The van der Waals surface area contributed by atoms with E-state index < -0.39 is 60.2 Å². The maximum Gasteiger partial charge on any atom is 0.326 e. The van der Waals surface area contributed by atoms with Gasteiger partial charge in [-0.15, -0.1) is 0 Å². The van der Waals surface area contributed by atoms with Crippen LogP contribution in [0, 0.1) is 0 Å². The maximum atomic E-state index is 13.8. The van der Waals surface area contributed by atoms with Gasteiger partial charge in [0.25, 0.3) is 0 Å². The van der Waals surface area contributed by atoms with Crippen molar-refractivity contribution in [2.24, 2.45) is 11.5 Å². The number of carboxylic acid groups (broad SMARTS) is 2. The number of aliphatic carboxylic acids is 2. The van der Waals surface area contributed by atoms with Gasteiger partial charge in [0.15, 0.2) is 0 Å². The molecule has 0 aliphatic rings. The van der Waals surface area contributed by atoms with Crippen LogP contribution in [0.3, 0.4) is 0 Å². The van der Waals surface area contributed by atoms with Gasteiger partial charge >= 0.3 is 11.9 Å². The van der Waals surface area contributed by atoms with E-state index in [1.807, 2.05) is 48.5 Å². The number of aromatic amines is 2. The van der Waals surface area contributed by atoms with E-state index in [0.717, 1.165) is 32.9 Å². The molecule has 0 bridgehead atoms. The summed E-state index contributed by atoms with van der Waals surface area (Å²) in [6.07, 6.45) is 3.96. The fourth-order valence-corrected chi connectivity index (χ4v) is 5.32. The van der Waals surface area contributed by atoms with Crippen LogP contribution in [0.2, 0.25) is 0 Å². The molecule has 0 radical (unpaired) electrons. The largest absolute Gasteiger partial charge is 0.481 e. The average molecular weight is 634 g/mol. The van der Waals surface area contributed by atoms with Crippen LogP contribution >= 0.6 is 0 Å². The number of hydrogen-bond donors (Lipinski definition) is 9. The molecular weight excluding hydrogens is 594 g/mol. The molecule has 4 aromatic rings. The van der Waals surface area contributed by atoms with Crippen molar-refractivity contribution in [1.82, 2.24) is 25.9 Å². The Morgan fingerprint density at radius 3 is 1.78 bits per heavy atom. The third-order valence-electron chi connectivity index (χ3n) is 7.76. The summed E-state index contributed by atoms with van der Waals surface area (Å²) >= 11 is 0. The van der Waals surface area contributed by atoms with Crippen molar-refractivity contribution in [3.8, 4) is 0 Å². The molecule has 4 rings (SSSR count). The molecule has 11 N–H and O–H groups in total. The number of aromatic nitrogens is 2. The highest BCUT2D eigenvalue weighted by atomic mass is 16.4. The lowest BCUT2D eigenvalue weighted by Crippen LogP contribution is -2.58. The number of benzene rings is 2. The Hall–Kier alpha value is -5.21. The fourth-order valence-electron chi connectivity index (χ4n) is 5.32. The predicted molar refractivity (Wildman–Crippen MR) is 171 cm³/mol. The van der Waals surface area contributed by atoms with Gasteiger partial charge < -0.3 is 47.6 Å². The molecule has 14 heteroatoms. The molecule has 0 aliphatic carbocycles. The zero-order chi connectivity index (χ0) is 33.2. The lowest BCUT2D eigenvalue weighted by atomic mass is 10.0. The Labute approximate surface area is 264 Å². The van der Waals surface area contributed by atoms with E-state index in [0.29, 0.717) is 19.4 Å². The Morgan fingerprint density at radius 2 is 1.22 bits per heavy atom. The summed E-state index contributed by atoms with van der Waals surface area (Å²) in [7, 11) is 0. The molecule has 46 heavy (non-hydrogen) atoms. The van der Waals surface area contributed by atoms with Crippen molar-refractivity contribution >= 4 is 51.5 Å². The van der Waals surface area contributed by atoms with Gasteiger partial charge in [0.05, 0.1) is 12.5 Å². The topological polar surface area (TPSA) is 246 Å². The molecule has 2 aromatic carbocycles. The molecule has 3 amide bonds. The minimum atomic E-state index is -1.71. The van der Waals surface area contributed by atoms with E-state index in [-0.39, 0.29) is 19.3 Å². The van der Waals surface area contributed by atoms with Crippen LogP contribution in [0.5, 0.6) is 0 Å². The Balaban J connectivity index is 1.55. The van der Waals surface area contributed by atoms with E-state index in [9.17, 15) is 29.1 Å². The third kappa shape index (κ3) is 8.70. The summed E-state index contributed by atoms with van der Waals surface area (Å²) < 4.78 is 0. The number of carboxylic acids is 2. The highest BCUT2D eigenvalue weighted by Crippen LogP contribution is 2.21. The molecule has 4 atom stereocenters. The van der Waals surface area contributed by atoms with Gasteiger partial charge in [-0.25, -0.2) is 4.79 Å². The van der Waals surface area contributed by atoms with Crippen LogP contribution in [0.25, 0.3) is 21.8 Å². The number of unbranched alkanes of at least 4 members (excludes halogenated alkanes) is 1. The molecule has 2 aromatic heterocycles. The summed E-state index contributed by atoms with van der Waals surface area (Å²) in [5, 5.41) is 27.9. The number of para-hydroxylation sites is 2. The average Bonchev–Trinajstić information content (AvgIpc) is 3.63. The number of hydrogen-bond acceptors (Lipinski definition) is 7. The summed E-state index contributed by atoms with van der Waals surface area (Å²) in [6, 6.07) is 9.94. The quantitative estimate of drug-likeness (QED) is 0.0749. The van der Waals surface area contributed by atoms with Crippen molar-refractivity contribution in [3.05, 3.63) is 72.1 Å². The van der Waals surface area contributed by atoms with Gasteiger partial charge in [-0.05, 0) is 55.5 Å². The minimum absolute atomic E-state index is 0.0509. The number of carbonyl (C=O) groups is 5. The lowest BCUT2D eigenvalue weighted by molar-refractivity contribution is -0.147. The van der Waals surface area contributed by atoms with E-state index in [4.69, 9.17) is 16.6 Å². The second-order valence-corrected chi connectivity index (χ2v) is 11.1. The molecule has 244 valence electrons. The first-order chi connectivity index (χ1) is 22.1. The molecule has 0 aliphatic heterocycles. The second-order valence-electron chi connectivity index (χ2n) is 11.1. The number of nitrogens with two attached hydrogens (primary N) is 2. The van der Waals surface area contributed by atoms with Gasteiger partial charge in [-0.1, -0.05) is 36.4 Å². The minimum Gasteiger partial charge on any atom is -0.481 e. The zero-order valence-electron chi connectivity index (χ0n) is 25.1. The fraction of sp³-hybridized carbons (Fsp3) is 0.344. The number of rotatable bonds is 17. The Kier molecular flexibility index (Phi) is 11.5. The summed E-state index contributed by atoms with van der Waals surface area (Å²) in [4.78, 5) is 69.4. The van der Waals surface area contributed by atoms with Crippen LogP contribution in [-0.2, 0) is 36.8 Å².